The van der Waals surface area contributed by atoms with Gasteiger partial charge in [0.05, 0.1) is 46.6 Å². The number of anilines is 2. The second-order valence-electron chi connectivity index (χ2n) is 16.9. The minimum absolute atomic E-state index is 0.0204. The van der Waals surface area contributed by atoms with Gasteiger partial charge in [-0.05, 0) is 105 Å². The molecule has 2 fully saturated rings. The second kappa shape index (κ2) is 18.0. The van der Waals surface area contributed by atoms with E-state index in [-0.39, 0.29) is 35.7 Å². The molecule has 1 N–H and O–H groups in total. The van der Waals surface area contributed by atoms with E-state index in [2.05, 4.69) is 72.5 Å². The van der Waals surface area contributed by atoms with Gasteiger partial charge >= 0.3 is 0 Å². The number of fused-ring (bicyclic) bond motifs is 2. The lowest BCUT2D eigenvalue weighted by atomic mass is 9.92. The van der Waals surface area contributed by atoms with Crippen molar-refractivity contribution >= 4 is 34.9 Å². The van der Waals surface area contributed by atoms with Gasteiger partial charge in [-0.2, -0.15) is 15.6 Å². The Morgan fingerprint density at radius 3 is 2.39 bits per heavy atom. The number of carbonyl (C=O) groups is 2. The lowest BCUT2D eigenvalue weighted by Gasteiger charge is -2.34. The number of aromatic nitrogens is 4. The summed E-state index contributed by atoms with van der Waals surface area (Å²) in [7, 11) is 0. The molecule has 5 heterocycles. The number of carbonyl (C=O) groups excluding carboxylic acids is 2. The van der Waals surface area contributed by atoms with Crippen LogP contribution >= 0.6 is 11.6 Å². The predicted molar refractivity (Wildman–Crippen MR) is 235 cm³/mol. The highest BCUT2D eigenvalue weighted by molar-refractivity contribution is 6.31. The summed E-state index contributed by atoms with van der Waals surface area (Å²) in [5, 5.41) is 36.2. The van der Waals surface area contributed by atoms with E-state index < -0.39 is 0 Å². The number of nitriles is 2. The Labute approximate surface area is 366 Å². The Morgan fingerprint density at radius 2 is 1.68 bits per heavy atom. The standard InChI is InChI=1S/C48H49ClN10O3/c1-31(60)57-24-20-46-41(30-57)47(58-21-2-3-35-25-33(27-50)6-17-45(35)58)55-59(46)38-18-22-56(23-19-38)29-32-4-7-34(8-5-32)43-15-16-44(54-53-43)48(61)52-37-10-13-39(14-11-37)62-40-12-9-36(28-51)42(49)26-40/h4-9,12,15-17,25-26,37-39H,2-3,10-11,13-14,18-24,29-30H2,1H3,(H,52,61). The number of rotatable bonds is 9. The molecule has 3 aromatic carbocycles. The number of hydrogen-bond donors (Lipinski definition) is 1. The summed E-state index contributed by atoms with van der Waals surface area (Å²) in [5.74, 6) is 1.45. The van der Waals surface area contributed by atoms with Crippen LogP contribution in [0, 0.1) is 22.7 Å². The fraction of sp³-hybridized carbons (Fsp3) is 0.396. The van der Waals surface area contributed by atoms with Crippen molar-refractivity contribution in [2.45, 2.75) is 96.0 Å². The van der Waals surface area contributed by atoms with Gasteiger partial charge in [0, 0.05) is 80.7 Å². The van der Waals surface area contributed by atoms with Crippen molar-refractivity contribution in [3.8, 4) is 29.1 Å². The quantitative estimate of drug-likeness (QED) is 0.156. The Kier molecular flexibility index (Phi) is 11.9. The van der Waals surface area contributed by atoms with E-state index in [4.69, 9.17) is 26.7 Å². The molecule has 4 aliphatic rings. The second-order valence-corrected chi connectivity index (χ2v) is 17.3. The molecule has 1 saturated heterocycles. The molecule has 62 heavy (non-hydrogen) atoms. The maximum absolute atomic E-state index is 13.1. The first-order valence-corrected chi connectivity index (χ1v) is 22.1. The van der Waals surface area contributed by atoms with Crippen LogP contribution in [0.15, 0.2) is 72.8 Å². The number of ether oxygens (including phenoxy) is 1. The van der Waals surface area contributed by atoms with Crippen molar-refractivity contribution in [3.63, 3.8) is 0 Å². The Balaban J connectivity index is 0.780. The molecule has 1 saturated carbocycles. The molecule has 0 radical (unpaired) electrons. The van der Waals surface area contributed by atoms with Crippen LogP contribution in [0.1, 0.15) is 102 Å². The van der Waals surface area contributed by atoms with E-state index in [0.29, 0.717) is 40.7 Å². The third-order valence-electron chi connectivity index (χ3n) is 12.9. The molecule has 13 nitrogen and oxygen atoms in total. The molecule has 1 aliphatic carbocycles. The molecule has 0 spiro atoms. The molecule has 0 bridgehead atoms. The average Bonchev–Trinajstić information content (AvgIpc) is 3.68. The lowest BCUT2D eigenvalue weighted by Crippen LogP contribution is -2.40. The summed E-state index contributed by atoms with van der Waals surface area (Å²) in [5.41, 5.74) is 8.96. The normalized spacial score (nSPS) is 19.2. The Bertz CT molecular complexity index is 2550. The van der Waals surface area contributed by atoms with E-state index >= 15 is 0 Å². The third kappa shape index (κ3) is 8.74. The van der Waals surface area contributed by atoms with Gasteiger partial charge < -0.3 is 19.9 Å². The minimum Gasteiger partial charge on any atom is -0.490 e. The van der Waals surface area contributed by atoms with Crippen LogP contribution < -0.4 is 15.0 Å². The van der Waals surface area contributed by atoms with E-state index in [1.165, 1.54) is 16.8 Å². The predicted octanol–water partition coefficient (Wildman–Crippen LogP) is 7.68. The molecular formula is C48H49ClN10O3. The molecule has 3 aliphatic heterocycles. The third-order valence-corrected chi connectivity index (χ3v) is 13.2. The van der Waals surface area contributed by atoms with Crippen LogP contribution in [0.5, 0.6) is 5.75 Å². The molecule has 2 aromatic heterocycles. The summed E-state index contributed by atoms with van der Waals surface area (Å²) >= 11 is 6.16. The van der Waals surface area contributed by atoms with Crippen molar-refractivity contribution < 1.29 is 14.3 Å². The van der Waals surface area contributed by atoms with E-state index in [0.717, 1.165) is 107 Å². The summed E-state index contributed by atoms with van der Waals surface area (Å²) in [6.45, 7) is 6.54. The maximum Gasteiger partial charge on any atom is 0.272 e. The number of nitrogens with zero attached hydrogens (tertiary/aromatic N) is 9. The molecule has 0 unspecified atom stereocenters. The van der Waals surface area contributed by atoms with Gasteiger partial charge in [-0.3, -0.25) is 19.2 Å². The zero-order chi connectivity index (χ0) is 42.7. The monoisotopic (exact) mass is 848 g/mol. The van der Waals surface area contributed by atoms with Crippen LogP contribution in [0.3, 0.4) is 0 Å². The number of piperidine rings is 1. The number of benzene rings is 3. The molecule has 14 heteroatoms. The van der Waals surface area contributed by atoms with Crippen LogP contribution in [-0.2, 0) is 30.7 Å². The Hall–Kier alpha value is -6.28. The minimum atomic E-state index is -0.234. The molecule has 316 valence electrons. The number of hydrogen-bond acceptors (Lipinski definition) is 10. The van der Waals surface area contributed by atoms with Gasteiger partial charge in [0.2, 0.25) is 5.91 Å². The van der Waals surface area contributed by atoms with Gasteiger partial charge in [-0.15, -0.1) is 10.2 Å². The number of amides is 2. The number of halogens is 1. The molecule has 0 atom stereocenters. The highest BCUT2D eigenvalue weighted by Gasteiger charge is 2.34. The first-order valence-electron chi connectivity index (χ1n) is 21.7. The molecule has 9 rings (SSSR count). The van der Waals surface area contributed by atoms with Crippen molar-refractivity contribution in [2.24, 2.45) is 0 Å². The number of aryl methyl sites for hydroxylation is 1. The SMILES string of the molecule is CC(=O)N1CCc2c(c(N3CCCc4cc(C#N)ccc43)nn2C2CCN(Cc3ccc(-c4ccc(C(=O)NC5CCC(Oc6ccc(C#N)c(Cl)c6)CC5)nn4)cc3)CC2)C1. The fourth-order valence-corrected chi connectivity index (χ4v) is 9.72. The van der Waals surface area contributed by atoms with Gasteiger partial charge in [0.25, 0.3) is 5.91 Å². The fourth-order valence-electron chi connectivity index (χ4n) is 9.51. The summed E-state index contributed by atoms with van der Waals surface area (Å²) in [6.07, 6.45) is 7.87. The number of nitrogens with one attached hydrogen (secondary N) is 1. The zero-order valence-electron chi connectivity index (χ0n) is 34.9. The van der Waals surface area contributed by atoms with E-state index in [1.54, 1.807) is 31.2 Å². The van der Waals surface area contributed by atoms with Gasteiger partial charge in [0.15, 0.2) is 11.5 Å². The molecular weight excluding hydrogens is 800 g/mol. The van der Waals surface area contributed by atoms with Gasteiger partial charge in [-0.25, -0.2) is 0 Å². The van der Waals surface area contributed by atoms with E-state index in [9.17, 15) is 14.9 Å². The summed E-state index contributed by atoms with van der Waals surface area (Å²) in [4.78, 5) is 32.3. The highest BCUT2D eigenvalue weighted by atomic mass is 35.5. The van der Waals surface area contributed by atoms with Crippen LogP contribution in [-0.4, -0.2) is 79.9 Å². The largest absolute Gasteiger partial charge is 0.490 e. The Morgan fingerprint density at radius 1 is 0.871 bits per heavy atom. The smallest absolute Gasteiger partial charge is 0.272 e. The average molecular weight is 849 g/mol. The summed E-state index contributed by atoms with van der Waals surface area (Å²) in [6, 6.07) is 27.7. The maximum atomic E-state index is 13.1. The molecule has 2 amide bonds. The topological polar surface area (TPSA) is 156 Å². The van der Waals surface area contributed by atoms with Crippen LogP contribution in [0.25, 0.3) is 11.3 Å². The lowest BCUT2D eigenvalue weighted by molar-refractivity contribution is -0.129. The van der Waals surface area contributed by atoms with Crippen molar-refractivity contribution in [1.82, 2.24) is 35.1 Å². The first kappa shape index (κ1) is 41.1. The number of likely N-dealkylation sites (tertiary alicyclic amines) is 1. The highest BCUT2D eigenvalue weighted by Crippen LogP contribution is 2.40. The van der Waals surface area contributed by atoms with Crippen LogP contribution in [0.4, 0.5) is 11.5 Å². The first-order chi connectivity index (χ1) is 30.2. The van der Waals surface area contributed by atoms with Gasteiger partial charge in [0.1, 0.15) is 11.8 Å². The van der Waals surface area contributed by atoms with Gasteiger partial charge in [-0.1, -0.05) is 35.9 Å². The van der Waals surface area contributed by atoms with Crippen LogP contribution in [0.2, 0.25) is 5.02 Å². The summed E-state index contributed by atoms with van der Waals surface area (Å²) < 4.78 is 8.39. The van der Waals surface area contributed by atoms with Crippen molar-refractivity contribution in [3.05, 3.63) is 117 Å². The molecule has 5 aromatic rings. The van der Waals surface area contributed by atoms with Crippen molar-refractivity contribution in [2.75, 3.05) is 31.1 Å². The zero-order valence-corrected chi connectivity index (χ0v) is 35.7. The van der Waals surface area contributed by atoms with Crippen molar-refractivity contribution in [1.29, 1.82) is 10.5 Å². The van der Waals surface area contributed by atoms with E-state index in [1.807, 2.05) is 23.1 Å².